The lowest BCUT2D eigenvalue weighted by molar-refractivity contribution is -0.137. The summed E-state index contributed by atoms with van der Waals surface area (Å²) >= 11 is 0. The van der Waals surface area contributed by atoms with Crippen LogP contribution in [0.3, 0.4) is 0 Å². The summed E-state index contributed by atoms with van der Waals surface area (Å²) in [6, 6.07) is 3.42. The SMILES string of the molecule is CCCCCCNC(CC(=O)O)Cc1ccc(F)c(F)c1. The molecule has 1 aromatic carbocycles. The van der Waals surface area contributed by atoms with E-state index in [0.29, 0.717) is 12.0 Å². The predicted octanol–water partition coefficient (Wildman–Crippen LogP) is 3.52. The van der Waals surface area contributed by atoms with Gasteiger partial charge >= 0.3 is 5.97 Å². The van der Waals surface area contributed by atoms with E-state index in [-0.39, 0.29) is 12.5 Å². The molecule has 0 saturated carbocycles. The van der Waals surface area contributed by atoms with Crippen molar-refractivity contribution in [2.24, 2.45) is 0 Å². The Hall–Kier alpha value is -1.49. The molecular formula is C16H23F2NO2. The largest absolute Gasteiger partial charge is 0.481 e. The lowest BCUT2D eigenvalue weighted by atomic mass is 10.0. The van der Waals surface area contributed by atoms with Gasteiger partial charge in [0.25, 0.3) is 0 Å². The second-order valence-corrected chi connectivity index (χ2v) is 5.26. The zero-order valence-electron chi connectivity index (χ0n) is 12.4. The van der Waals surface area contributed by atoms with E-state index in [9.17, 15) is 13.6 Å². The Morgan fingerprint density at radius 1 is 1.24 bits per heavy atom. The number of hydrogen-bond acceptors (Lipinski definition) is 2. The van der Waals surface area contributed by atoms with E-state index in [0.717, 1.165) is 44.4 Å². The smallest absolute Gasteiger partial charge is 0.304 e. The van der Waals surface area contributed by atoms with E-state index < -0.39 is 17.6 Å². The van der Waals surface area contributed by atoms with Gasteiger partial charge in [-0.15, -0.1) is 0 Å². The van der Waals surface area contributed by atoms with Gasteiger partial charge in [-0.25, -0.2) is 8.78 Å². The first-order valence-electron chi connectivity index (χ1n) is 7.42. The first-order valence-corrected chi connectivity index (χ1v) is 7.42. The lowest BCUT2D eigenvalue weighted by Gasteiger charge is -2.17. The van der Waals surface area contributed by atoms with Crippen LogP contribution < -0.4 is 5.32 Å². The van der Waals surface area contributed by atoms with Crippen LogP contribution in [0.25, 0.3) is 0 Å². The summed E-state index contributed by atoms with van der Waals surface area (Å²) in [7, 11) is 0. The van der Waals surface area contributed by atoms with Crippen molar-refractivity contribution in [2.45, 2.75) is 51.5 Å². The minimum atomic E-state index is -0.899. The lowest BCUT2D eigenvalue weighted by Crippen LogP contribution is -2.34. The molecule has 0 aliphatic rings. The molecule has 0 aliphatic heterocycles. The van der Waals surface area contributed by atoms with Gasteiger partial charge in [0.05, 0.1) is 6.42 Å². The molecule has 1 unspecified atom stereocenters. The molecule has 0 bridgehead atoms. The van der Waals surface area contributed by atoms with E-state index in [1.807, 2.05) is 0 Å². The molecule has 1 aromatic rings. The number of hydrogen-bond donors (Lipinski definition) is 2. The molecule has 118 valence electrons. The second kappa shape index (κ2) is 9.45. The fourth-order valence-corrected chi connectivity index (χ4v) is 2.24. The van der Waals surface area contributed by atoms with Gasteiger partial charge in [-0.1, -0.05) is 32.3 Å². The number of benzene rings is 1. The third-order valence-electron chi connectivity index (χ3n) is 3.35. The normalized spacial score (nSPS) is 12.3. The molecule has 0 saturated heterocycles. The van der Waals surface area contributed by atoms with Crippen molar-refractivity contribution < 1.29 is 18.7 Å². The Morgan fingerprint density at radius 2 is 2.00 bits per heavy atom. The minimum absolute atomic E-state index is 0.0349. The van der Waals surface area contributed by atoms with Crippen molar-refractivity contribution in [3.05, 3.63) is 35.4 Å². The van der Waals surface area contributed by atoms with Gasteiger partial charge in [-0.05, 0) is 37.1 Å². The van der Waals surface area contributed by atoms with Gasteiger partial charge < -0.3 is 10.4 Å². The van der Waals surface area contributed by atoms with Crippen LogP contribution in [0.15, 0.2) is 18.2 Å². The Balaban J connectivity index is 2.52. The van der Waals surface area contributed by atoms with Gasteiger partial charge in [-0.3, -0.25) is 4.79 Å². The van der Waals surface area contributed by atoms with E-state index in [4.69, 9.17) is 5.11 Å². The van der Waals surface area contributed by atoms with Crippen molar-refractivity contribution in [2.75, 3.05) is 6.54 Å². The summed E-state index contributed by atoms with van der Waals surface area (Å²) in [6.07, 6.45) is 4.74. The first kappa shape index (κ1) is 17.6. The Morgan fingerprint density at radius 3 is 2.62 bits per heavy atom. The van der Waals surface area contributed by atoms with Gasteiger partial charge in [0, 0.05) is 6.04 Å². The number of nitrogens with one attached hydrogen (secondary N) is 1. The number of rotatable bonds is 10. The summed E-state index contributed by atoms with van der Waals surface area (Å²) in [4.78, 5) is 10.9. The highest BCUT2D eigenvalue weighted by Gasteiger charge is 2.14. The maximum Gasteiger partial charge on any atom is 0.304 e. The topological polar surface area (TPSA) is 49.3 Å². The van der Waals surface area contributed by atoms with Crippen LogP contribution >= 0.6 is 0 Å². The third kappa shape index (κ3) is 7.18. The molecule has 0 heterocycles. The molecule has 0 fully saturated rings. The average Bonchev–Trinajstić information content (AvgIpc) is 2.42. The van der Waals surface area contributed by atoms with E-state index in [1.165, 1.54) is 6.07 Å². The summed E-state index contributed by atoms with van der Waals surface area (Å²) in [5.74, 6) is -2.69. The molecule has 3 nitrogen and oxygen atoms in total. The van der Waals surface area contributed by atoms with Crippen molar-refractivity contribution >= 4 is 5.97 Å². The summed E-state index contributed by atoms with van der Waals surface area (Å²) in [5.41, 5.74) is 0.598. The van der Waals surface area contributed by atoms with Crippen LogP contribution in [-0.2, 0) is 11.2 Å². The van der Waals surface area contributed by atoms with Gasteiger partial charge in [0.1, 0.15) is 0 Å². The van der Waals surface area contributed by atoms with Crippen LogP contribution in [0.5, 0.6) is 0 Å². The highest BCUT2D eigenvalue weighted by molar-refractivity contribution is 5.67. The summed E-state index contributed by atoms with van der Waals surface area (Å²) in [5, 5.41) is 12.1. The molecule has 0 amide bonds. The van der Waals surface area contributed by atoms with Gasteiger partial charge in [0.2, 0.25) is 0 Å². The molecule has 0 spiro atoms. The van der Waals surface area contributed by atoms with Crippen molar-refractivity contribution in [1.82, 2.24) is 5.32 Å². The first-order chi connectivity index (χ1) is 10.0. The fraction of sp³-hybridized carbons (Fsp3) is 0.562. The summed E-state index contributed by atoms with van der Waals surface area (Å²) < 4.78 is 26.1. The van der Waals surface area contributed by atoms with Crippen molar-refractivity contribution in [1.29, 1.82) is 0 Å². The van der Waals surface area contributed by atoms with E-state index >= 15 is 0 Å². The van der Waals surface area contributed by atoms with Crippen LogP contribution in [0.2, 0.25) is 0 Å². The number of unbranched alkanes of at least 4 members (excludes halogenated alkanes) is 3. The second-order valence-electron chi connectivity index (χ2n) is 5.26. The van der Waals surface area contributed by atoms with Crippen molar-refractivity contribution in [3.63, 3.8) is 0 Å². The van der Waals surface area contributed by atoms with Gasteiger partial charge in [0.15, 0.2) is 11.6 Å². The van der Waals surface area contributed by atoms with Crippen LogP contribution in [0, 0.1) is 11.6 Å². The van der Waals surface area contributed by atoms with Crippen LogP contribution in [0.4, 0.5) is 8.78 Å². The number of carbonyl (C=O) groups is 1. The Kier molecular flexibility index (Phi) is 7.90. The third-order valence-corrected chi connectivity index (χ3v) is 3.35. The number of aliphatic carboxylic acids is 1. The molecule has 0 aromatic heterocycles. The van der Waals surface area contributed by atoms with Crippen LogP contribution in [0.1, 0.15) is 44.6 Å². The number of carboxylic acids is 1. The molecule has 21 heavy (non-hydrogen) atoms. The van der Waals surface area contributed by atoms with E-state index in [1.54, 1.807) is 0 Å². The Labute approximate surface area is 124 Å². The quantitative estimate of drug-likeness (QED) is 0.650. The van der Waals surface area contributed by atoms with E-state index in [2.05, 4.69) is 12.2 Å². The average molecular weight is 299 g/mol. The number of halogens is 2. The number of carboxylic acid groups (broad SMARTS) is 1. The highest BCUT2D eigenvalue weighted by Crippen LogP contribution is 2.12. The molecule has 0 radical (unpaired) electrons. The minimum Gasteiger partial charge on any atom is -0.481 e. The molecule has 2 N–H and O–H groups in total. The molecule has 5 heteroatoms. The maximum absolute atomic E-state index is 13.2. The molecule has 0 aliphatic carbocycles. The zero-order chi connectivity index (χ0) is 15.7. The van der Waals surface area contributed by atoms with Gasteiger partial charge in [-0.2, -0.15) is 0 Å². The van der Waals surface area contributed by atoms with Crippen molar-refractivity contribution in [3.8, 4) is 0 Å². The monoisotopic (exact) mass is 299 g/mol. The fourth-order valence-electron chi connectivity index (χ4n) is 2.24. The maximum atomic E-state index is 13.2. The molecule has 1 rings (SSSR count). The highest BCUT2D eigenvalue weighted by atomic mass is 19.2. The molecular weight excluding hydrogens is 276 g/mol. The zero-order valence-corrected chi connectivity index (χ0v) is 12.4. The Bertz CT molecular complexity index is 452. The standard InChI is InChI=1S/C16H23F2NO2/c1-2-3-4-5-8-19-13(11-16(20)21)9-12-6-7-14(17)15(18)10-12/h6-7,10,13,19H,2-5,8-9,11H2,1H3,(H,20,21). The van der Waals surface area contributed by atoms with Crippen LogP contribution in [-0.4, -0.2) is 23.7 Å². The predicted molar refractivity (Wildman–Crippen MR) is 78.2 cm³/mol. The molecule has 1 atom stereocenters. The summed E-state index contributed by atoms with van der Waals surface area (Å²) in [6.45, 7) is 2.87.